The van der Waals surface area contributed by atoms with Crippen molar-refractivity contribution in [2.45, 2.75) is 24.6 Å². The fourth-order valence-corrected chi connectivity index (χ4v) is 4.35. The van der Waals surface area contributed by atoms with E-state index in [0.717, 1.165) is 61.1 Å². The molecule has 0 unspecified atom stereocenters. The van der Waals surface area contributed by atoms with Crippen LogP contribution in [-0.2, 0) is 0 Å². The Morgan fingerprint density at radius 2 is 2.12 bits per heavy atom. The van der Waals surface area contributed by atoms with Gasteiger partial charge in [-0.1, -0.05) is 25.6 Å². The molecule has 8 heteroatoms. The molecule has 2 heterocycles. The van der Waals surface area contributed by atoms with Gasteiger partial charge < -0.3 is 10.2 Å². The molecule has 1 aliphatic heterocycles. The van der Waals surface area contributed by atoms with Crippen LogP contribution in [0.2, 0.25) is 0 Å². The maximum Gasteiger partial charge on any atom is 0.193 e. The number of aliphatic imine (C=N–C) groups is 1. The lowest BCUT2D eigenvalue weighted by molar-refractivity contribution is 0.164. The number of aromatic nitrogens is 1. The highest BCUT2D eigenvalue weighted by Crippen LogP contribution is 2.20. The van der Waals surface area contributed by atoms with E-state index in [0.29, 0.717) is 0 Å². The number of nitrogens with one attached hydrogen (secondary N) is 1. The first-order valence-electron chi connectivity index (χ1n) is 8.39. The predicted molar refractivity (Wildman–Crippen MR) is 117 cm³/mol. The third-order valence-corrected chi connectivity index (χ3v) is 5.80. The quantitative estimate of drug-likeness (QED) is 0.212. The molecule has 0 bridgehead atoms. The molecule has 24 heavy (non-hydrogen) atoms. The van der Waals surface area contributed by atoms with Crippen molar-refractivity contribution in [2.75, 3.05) is 52.1 Å². The van der Waals surface area contributed by atoms with E-state index in [1.54, 1.807) is 11.3 Å². The predicted octanol–water partition coefficient (Wildman–Crippen LogP) is 3.09. The van der Waals surface area contributed by atoms with Gasteiger partial charge >= 0.3 is 0 Å². The van der Waals surface area contributed by atoms with Gasteiger partial charge in [0.05, 0.1) is 0 Å². The molecule has 0 aliphatic carbocycles. The van der Waals surface area contributed by atoms with E-state index in [2.05, 4.69) is 38.9 Å². The summed E-state index contributed by atoms with van der Waals surface area (Å²) in [4.78, 5) is 13.7. The van der Waals surface area contributed by atoms with Crippen LogP contribution in [0, 0.1) is 5.92 Å². The molecule has 2 rings (SSSR count). The minimum absolute atomic E-state index is 0. The first kappa shape index (κ1) is 22.0. The third-order valence-electron chi connectivity index (χ3n) is 3.75. The van der Waals surface area contributed by atoms with Crippen molar-refractivity contribution >= 4 is 53.0 Å². The van der Waals surface area contributed by atoms with Crippen LogP contribution in [0.3, 0.4) is 0 Å². The van der Waals surface area contributed by atoms with Crippen molar-refractivity contribution in [1.82, 2.24) is 20.1 Å². The summed E-state index contributed by atoms with van der Waals surface area (Å²) < 4.78 is 1.16. The number of thioether (sulfide) groups is 1. The molecule has 0 saturated carbocycles. The Hall–Kier alpha value is -0.0600. The average Bonchev–Trinajstić information content (AvgIpc) is 3.05. The Balaban J connectivity index is 0.00000288. The lowest BCUT2D eigenvalue weighted by Crippen LogP contribution is -2.53. The van der Waals surface area contributed by atoms with Gasteiger partial charge in [0, 0.05) is 63.6 Å². The number of halogens is 1. The Morgan fingerprint density at radius 3 is 2.71 bits per heavy atom. The topological polar surface area (TPSA) is 43.8 Å². The van der Waals surface area contributed by atoms with Crippen LogP contribution in [0.1, 0.15) is 20.3 Å². The van der Waals surface area contributed by atoms with Crippen LogP contribution in [0.5, 0.6) is 0 Å². The standard InChI is InChI=1S/C16H29N5S2.HI/c1-14(2)13-20-7-9-21(10-8-20)15(17-3)18-5-4-11-22-16-19-6-12-23-16;/h6,12,14H,4-5,7-11,13H2,1-3H3,(H,17,18);1H. The zero-order valence-electron chi connectivity index (χ0n) is 14.9. The monoisotopic (exact) mass is 483 g/mol. The lowest BCUT2D eigenvalue weighted by Gasteiger charge is -2.37. The van der Waals surface area contributed by atoms with Gasteiger partial charge in [-0.15, -0.1) is 35.3 Å². The summed E-state index contributed by atoms with van der Waals surface area (Å²) in [6, 6.07) is 0. The summed E-state index contributed by atoms with van der Waals surface area (Å²) >= 11 is 3.55. The number of piperazine rings is 1. The fourth-order valence-electron chi connectivity index (χ4n) is 2.70. The summed E-state index contributed by atoms with van der Waals surface area (Å²) in [6.45, 7) is 11.2. The first-order valence-corrected chi connectivity index (χ1v) is 10.3. The minimum Gasteiger partial charge on any atom is -0.356 e. The Labute approximate surface area is 171 Å². The van der Waals surface area contributed by atoms with Crippen LogP contribution in [0.25, 0.3) is 0 Å². The molecule has 1 N–H and O–H groups in total. The summed E-state index contributed by atoms with van der Waals surface area (Å²) in [5.41, 5.74) is 0. The van der Waals surface area contributed by atoms with E-state index >= 15 is 0 Å². The van der Waals surface area contributed by atoms with Crippen molar-refractivity contribution in [3.8, 4) is 0 Å². The van der Waals surface area contributed by atoms with Crippen molar-refractivity contribution in [2.24, 2.45) is 10.9 Å². The van der Waals surface area contributed by atoms with Gasteiger partial charge in [0.2, 0.25) is 0 Å². The van der Waals surface area contributed by atoms with Gasteiger partial charge in [-0.25, -0.2) is 4.98 Å². The van der Waals surface area contributed by atoms with E-state index in [1.165, 1.54) is 6.54 Å². The molecule has 0 spiro atoms. The van der Waals surface area contributed by atoms with Gasteiger partial charge in [-0.3, -0.25) is 9.89 Å². The van der Waals surface area contributed by atoms with Gasteiger partial charge in [0.25, 0.3) is 0 Å². The van der Waals surface area contributed by atoms with Crippen LogP contribution >= 0.6 is 47.1 Å². The van der Waals surface area contributed by atoms with E-state index in [9.17, 15) is 0 Å². The van der Waals surface area contributed by atoms with Crippen molar-refractivity contribution < 1.29 is 0 Å². The highest BCUT2D eigenvalue weighted by molar-refractivity contribution is 14.0. The maximum atomic E-state index is 4.44. The Kier molecular flexibility index (Phi) is 11.3. The summed E-state index contributed by atoms with van der Waals surface area (Å²) in [7, 11) is 1.88. The van der Waals surface area contributed by atoms with Crippen LogP contribution in [0.4, 0.5) is 0 Å². The number of rotatable bonds is 7. The molecule has 1 aliphatic rings. The second kappa shape index (κ2) is 12.3. The lowest BCUT2D eigenvalue weighted by atomic mass is 10.2. The Bertz CT molecular complexity index is 459. The molecule has 0 radical (unpaired) electrons. The molecule has 0 amide bonds. The molecule has 1 saturated heterocycles. The molecule has 1 aromatic rings. The SMILES string of the molecule is CN=C(NCCCSc1nccs1)N1CCN(CC(C)C)CC1.I. The van der Waals surface area contributed by atoms with Gasteiger partial charge in [-0.05, 0) is 12.3 Å². The van der Waals surface area contributed by atoms with E-state index in [-0.39, 0.29) is 24.0 Å². The normalized spacial score (nSPS) is 16.3. The largest absolute Gasteiger partial charge is 0.356 e. The highest BCUT2D eigenvalue weighted by Gasteiger charge is 2.19. The Morgan fingerprint density at radius 1 is 1.38 bits per heavy atom. The van der Waals surface area contributed by atoms with Crippen molar-refractivity contribution in [1.29, 1.82) is 0 Å². The number of thiazole rings is 1. The van der Waals surface area contributed by atoms with E-state index in [1.807, 2.05) is 30.4 Å². The molecule has 138 valence electrons. The molecule has 5 nitrogen and oxygen atoms in total. The maximum absolute atomic E-state index is 4.44. The summed E-state index contributed by atoms with van der Waals surface area (Å²) in [5.74, 6) is 2.89. The van der Waals surface area contributed by atoms with Crippen molar-refractivity contribution in [3.63, 3.8) is 0 Å². The second-order valence-electron chi connectivity index (χ2n) is 6.16. The zero-order chi connectivity index (χ0) is 16.5. The first-order chi connectivity index (χ1) is 11.2. The van der Waals surface area contributed by atoms with Crippen LogP contribution in [-0.4, -0.2) is 72.8 Å². The highest BCUT2D eigenvalue weighted by atomic mass is 127. The van der Waals surface area contributed by atoms with Crippen LogP contribution < -0.4 is 5.32 Å². The molecule has 1 fully saturated rings. The summed E-state index contributed by atoms with van der Waals surface area (Å²) in [5, 5.41) is 5.53. The van der Waals surface area contributed by atoms with Gasteiger partial charge in [0.1, 0.15) is 4.34 Å². The molecule has 1 aromatic heterocycles. The zero-order valence-corrected chi connectivity index (χ0v) is 18.9. The van der Waals surface area contributed by atoms with E-state index < -0.39 is 0 Å². The third kappa shape index (κ3) is 7.88. The molecule has 0 aromatic carbocycles. The average molecular weight is 483 g/mol. The second-order valence-corrected chi connectivity index (χ2v) is 8.39. The smallest absolute Gasteiger partial charge is 0.193 e. The van der Waals surface area contributed by atoms with Crippen LogP contribution in [0.15, 0.2) is 20.9 Å². The molecular formula is C16H30IN5S2. The number of hydrogen-bond donors (Lipinski definition) is 1. The summed E-state index contributed by atoms with van der Waals surface area (Å²) in [6.07, 6.45) is 2.99. The minimum atomic E-state index is 0. The number of nitrogens with zero attached hydrogens (tertiary/aromatic N) is 4. The van der Waals surface area contributed by atoms with Gasteiger partial charge in [0.15, 0.2) is 5.96 Å². The molecular weight excluding hydrogens is 453 g/mol. The van der Waals surface area contributed by atoms with Crippen molar-refractivity contribution in [3.05, 3.63) is 11.6 Å². The number of guanidine groups is 1. The number of hydrogen-bond acceptors (Lipinski definition) is 5. The molecule has 0 atom stereocenters. The van der Waals surface area contributed by atoms with E-state index in [4.69, 9.17) is 0 Å². The van der Waals surface area contributed by atoms with Gasteiger partial charge in [-0.2, -0.15) is 0 Å². The fraction of sp³-hybridized carbons (Fsp3) is 0.750.